The summed E-state index contributed by atoms with van der Waals surface area (Å²) in [4.78, 5) is 25.7. The van der Waals surface area contributed by atoms with Crippen molar-refractivity contribution in [1.82, 2.24) is 5.32 Å². The zero-order chi connectivity index (χ0) is 15.7. The van der Waals surface area contributed by atoms with Crippen molar-refractivity contribution in [2.75, 3.05) is 23.0 Å². The predicted octanol–water partition coefficient (Wildman–Crippen LogP) is 0.730. The molecule has 0 radical (unpaired) electrons. The van der Waals surface area contributed by atoms with Crippen molar-refractivity contribution >= 4 is 27.3 Å². The van der Waals surface area contributed by atoms with Gasteiger partial charge in [0.1, 0.15) is 0 Å². The lowest BCUT2D eigenvalue weighted by Gasteiger charge is -2.17. The van der Waals surface area contributed by atoms with E-state index in [1.54, 1.807) is 29.2 Å². The van der Waals surface area contributed by atoms with E-state index in [4.69, 9.17) is 0 Å². The molecule has 1 aromatic rings. The summed E-state index contributed by atoms with van der Waals surface area (Å²) in [5.74, 6) is -0.0985. The second-order valence-electron chi connectivity index (χ2n) is 5.77. The summed E-state index contributed by atoms with van der Waals surface area (Å²) in [7, 11) is -3.02. The van der Waals surface area contributed by atoms with Gasteiger partial charge in [-0.15, -0.1) is 0 Å². The van der Waals surface area contributed by atoms with Crippen LogP contribution in [0.15, 0.2) is 24.3 Å². The second kappa shape index (κ2) is 5.72. The lowest BCUT2D eigenvalue weighted by molar-refractivity contribution is -0.117. The lowest BCUT2D eigenvalue weighted by Crippen LogP contribution is -2.35. The van der Waals surface area contributed by atoms with Crippen molar-refractivity contribution in [3.63, 3.8) is 0 Å². The van der Waals surface area contributed by atoms with Crippen LogP contribution < -0.4 is 10.2 Å². The summed E-state index contributed by atoms with van der Waals surface area (Å²) in [5, 5.41) is 2.76. The molecule has 1 atom stereocenters. The Morgan fingerprint density at radius 1 is 1.32 bits per heavy atom. The average molecular weight is 322 g/mol. The number of hydrogen-bond acceptors (Lipinski definition) is 4. The summed E-state index contributed by atoms with van der Waals surface area (Å²) >= 11 is 0. The Kier molecular flexibility index (Phi) is 3.90. The van der Waals surface area contributed by atoms with E-state index in [1.165, 1.54) is 0 Å². The highest BCUT2D eigenvalue weighted by Crippen LogP contribution is 2.22. The number of benzene rings is 1. The zero-order valence-corrected chi connectivity index (χ0v) is 12.9. The smallest absolute Gasteiger partial charge is 0.251 e. The Bertz CT molecular complexity index is 714. The number of carbonyl (C=O) groups excluding carboxylic acids is 2. The number of carbonyl (C=O) groups is 2. The Hall–Kier alpha value is -1.89. The first-order chi connectivity index (χ1) is 10.4. The van der Waals surface area contributed by atoms with Crippen LogP contribution in [0.25, 0.3) is 0 Å². The summed E-state index contributed by atoms with van der Waals surface area (Å²) in [6, 6.07) is 6.57. The molecule has 0 unspecified atom stereocenters. The number of amides is 2. The first kappa shape index (κ1) is 15.0. The molecule has 0 bridgehead atoms. The maximum absolute atomic E-state index is 12.3. The lowest BCUT2D eigenvalue weighted by atomic mass is 10.1. The molecule has 1 aromatic carbocycles. The summed E-state index contributed by atoms with van der Waals surface area (Å²) in [6.45, 7) is 0.671. The third-order valence-corrected chi connectivity index (χ3v) is 5.83. The molecule has 0 saturated carbocycles. The standard InChI is InChI=1S/C15H18N2O4S/c18-14-5-2-7-17(14)13-4-1-3-11(9-13)15(19)16-12-6-8-22(20,21)10-12/h1,3-4,9,12H,2,5-8,10H2,(H,16,19)/t12-/m1/s1. The first-order valence-electron chi connectivity index (χ1n) is 7.36. The van der Waals surface area contributed by atoms with E-state index in [0.29, 0.717) is 30.6 Å². The molecule has 0 aliphatic carbocycles. The zero-order valence-electron chi connectivity index (χ0n) is 12.1. The van der Waals surface area contributed by atoms with Crippen LogP contribution in [-0.2, 0) is 14.6 Å². The van der Waals surface area contributed by atoms with Crippen LogP contribution >= 0.6 is 0 Å². The minimum absolute atomic E-state index is 0.00302. The monoisotopic (exact) mass is 322 g/mol. The molecule has 1 N–H and O–H groups in total. The van der Waals surface area contributed by atoms with Gasteiger partial charge in [-0.2, -0.15) is 0 Å². The van der Waals surface area contributed by atoms with Crippen molar-refractivity contribution in [2.45, 2.75) is 25.3 Å². The molecule has 118 valence electrons. The van der Waals surface area contributed by atoms with E-state index in [0.717, 1.165) is 6.42 Å². The van der Waals surface area contributed by atoms with Gasteiger partial charge >= 0.3 is 0 Å². The summed E-state index contributed by atoms with van der Waals surface area (Å²) in [5.41, 5.74) is 1.16. The third-order valence-electron chi connectivity index (χ3n) is 4.06. The Labute approximate surface area is 129 Å². The summed E-state index contributed by atoms with van der Waals surface area (Å²) < 4.78 is 22.9. The van der Waals surface area contributed by atoms with Crippen LogP contribution in [0.1, 0.15) is 29.6 Å². The fourth-order valence-corrected chi connectivity index (χ4v) is 4.59. The second-order valence-corrected chi connectivity index (χ2v) is 8.00. The van der Waals surface area contributed by atoms with Crippen molar-refractivity contribution < 1.29 is 18.0 Å². The highest BCUT2D eigenvalue weighted by atomic mass is 32.2. The molecule has 2 fully saturated rings. The minimum atomic E-state index is -3.02. The SMILES string of the molecule is O=C(N[C@@H]1CCS(=O)(=O)C1)c1cccc(N2CCCC2=O)c1. The Morgan fingerprint density at radius 3 is 2.77 bits per heavy atom. The molecular weight excluding hydrogens is 304 g/mol. The normalized spacial score (nSPS) is 23.7. The molecule has 2 aliphatic rings. The van der Waals surface area contributed by atoms with Crippen LogP contribution in [0.3, 0.4) is 0 Å². The molecule has 0 aromatic heterocycles. The fourth-order valence-electron chi connectivity index (χ4n) is 2.91. The van der Waals surface area contributed by atoms with Gasteiger partial charge in [0, 0.05) is 30.3 Å². The Morgan fingerprint density at radius 2 is 2.14 bits per heavy atom. The van der Waals surface area contributed by atoms with Gasteiger partial charge < -0.3 is 10.2 Å². The molecule has 2 amide bonds. The van der Waals surface area contributed by atoms with E-state index in [1.807, 2.05) is 0 Å². The van der Waals surface area contributed by atoms with Gasteiger partial charge in [-0.25, -0.2) is 8.42 Å². The van der Waals surface area contributed by atoms with Crippen molar-refractivity contribution in [3.8, 4) is 0 Å². The van der Waals surface area contributed by atoms with Gasteiger partial charge in [0.15, 0.2) is 9.84 Å². The predicted molar refractivity (Wildman–Crippen MR) is 82.6 cm³/mol. The van der Waals surface area contributed by atoms with E-state index < -0.39 is 9.84 Å². The van der Waals surface area contributed by atoms with Gasteiger partial charge in [0.25, 0.3) is 5.91 Å². The summed E-state index contributed by atoms with van der Waals surface area (Å²) in [6.07, 6.45) is 1.82. The van der Waals surface area contributed by atoms with Crippen LogP contribution in [0.4, 0.5) is 5.69 Å². The average Bonchev–Trinajstić information content (AvgIpc) is 3.04. The minimum Gasteiger partial charge on any atom is -0.348 e. The van der Waals surface area contributed by atoms with E-state index in [9.17, 15) is 18.0 Å². The van der Waals surface area contributed by atoms with Gasteiger partial charge in [-0.1, -0.05) is 6.07 Å². The number of hydrogen-bond donors (Lipinski definition) is 1. The van der Waals surface area contributed by atoms with E-state index in [2.05, 4.69) is 5.32 Å². The maximum atomic E-state index is 12.3. The fraction of sp³-hybridized carbons (Fsp3) is 0.467. The maximum Gasteiger partial charge on any atom is 0.251 e. The van der Waals surface area contributed by atoms with Gasteiger partial charge in [0.05, 0.1) is 11.5 Å². The highest BCUT2D eigenvalue weighted by Gasteiger charge is 2.29. The topological polar surface area (TPSA) is 83.6 Å². The largest absolute Gasteiger partial charge is 0.348 e. The van der Waals surface area contributed by atoms with E-state index >= 15 is 0 Å². The van der Waals surface area contributed by atoms with Gasteiger partial charge in [0.2, 0.25) is 5.91 Å². The number of nitrogens with one attached hydrogen (secondary N) is 1. The molecule has 6 nitrogen and oxygen atoms in total. The van der Waals surface area contributed by atoms with Gasteiger partial charge in [-0.05, 0) is 31.0 Å². The molecule has 3 rings (SSSR count). The molecular formula is C15H18N2O4S. The van der Waals surface area contributed by atoms with Crippen LogP contribution in [0.5, 0.6) is 0 Å². The molecule has 7 heteroatoms. The van der Waals surface area contributed by atoms with Crippen LogP contribution in [0.2, 0.25) is 0 Å². The van der Waals surface area contributed by atoms with Crippen molar-refractivity contribution in [3.05, 3.63) is 29.8 Å². The molecule has 0 spiro atoms. The molecule has 2 saturated heterocycles. The van der Waals surface area contributed by atoms with Crippen LogP contribution in [0, 0.1) is 0 Å². The number of anilines is 1. The number of nitrogens with zero attached hydrogens (tertiary/aromatic N) is 1. The van der Waals surface area contributed by atoms with Crippen LogP contribution in [-0.4, -0.2) is 44.3 Å². The number of rotatable bonds is 3. The van der Waals surface area contributed by atoms with Crippen molar-refractivity contribution in [2.24, 2.45) is 0 Å². The number of sulfone groups is 1. The molecule has 22 heavy (non-hydrogen) atoms. The third kappa shape index (κ3) is 3.14. The Balaban J connectivity index is 1.72. The van der Waals surface area contributed by atoms with Crippen molar-refractivity contribution in [1.29, 1.82) is 0 Å². The first-order valence-corrected chi connectivity index (χ1v) is 9.18. The van der Waals surface area contributed by atoms with E-state index in [-0.39, 0.29) is 29.4 Å². The van der Waals surface area contributed by atoms with Gasteiger partial charge in [-0.3, -0.25) is 9.59 Å². The highest BCUT2D eigenvalue weighted by molar-refractivity contribution is 7.91. The molecule has 2 heterocycles. The molecule has 2 aliphatic heterocycles. The quantitative estimate of drug-likeness (QED) is 0.889.